The van der Waals surface area contributed by atoms with Gasteiger partial charge in [-0.1, -0.05) is 27.4 Å². The summed E-state index contributed by atoms with van der Waals surface area (Å²) < 4.78 is 5.96. The summed E-state index contributed by atoms with van der Waals surface area (Å²) in [6.07, 6.45) is 1.23. The maximum Gasteiger partial charge on any atom is 0.208 e. The summed E-state index contributed by atoms with van der Waals surface area (Å²) in [5.41, 5.74) is -1.64. The molecule has 0 amide bonds. The normalized spacial score (nSPS) is 59.9. The van der Waals surface area contributed by atoms with Gasteiger partial charge in [-0.15, -0.1) is 0 Å². The number of ketones is 1. The van der Waals surface area contributed by atoms with Gasteiger partial charge in [0.25, 0.3) is 0 Å². The van der Waals surface area contributed by atoms with E-state index in [1.54, 1.807) is 0 Å². The average molecular weight is 362 g/mol. The summed E-state index contributed by atoms with van der Waals surface area (Å²) in [4.78, 5) is 13.4. The fourth-order valence-electron chi connectivity index (χ4n) is 8.23. The summed E-state index contributed by atoms with van der Waals surface area (Å²) >= 11 is 0. The van der Waals surface area contributed by atoms with Crippen molar-refractivity contribution >= 4 is 5.78 Å². The van der Waals surface area contributed by atoms with Gasteiger partial charge in [0.1, 0.15) is 11.5 Å². The van der Waals surface area contributed by atoms with Crippen LogP contribution in [-0.2, 0) is 9.53 Å². The number of hydrogen-bond donors (Lipinski definition) is 3. The molecule has 0 aromatic carbocycles. The van der Waals surface area contributed by atoms with Crippen LogP contribution in [0.2, 0.25) is 0 Å². The van der Waals surface area contributed by atoms with Crippen molar-refractivity contribution in [2.45, 2.75) is 64.4 Å². The Bertz CT molecular complexity index is 715. The summed E-state index contributed by atoms with van der Waals surface area (Å²) in [7, 11) is 0. The van der Waals surface area contributed by atoms with Gasteiger partial charge >= 0.3 is 0 Å². The van der Waals surface area contributed by atoms with Crippen LogP contribution < -0.4 is 0 Å². The standard InChI is InChI=1S/C21H30O5/c1-10-7-8-18(3,4)14-17(24)21(25)20-13(19(10,14)9-26-21)6-5-12(16(20)23)11(2)15(20)22/h10,12-14,16-17,23-25H,2,5-9H2,1,3-4H3/t10-,12-,13-,14+,16+,17-,19-,20-,21-/m0/s1. The smallest absolute Gasteiger partial charge is 0.208 e. The van der Waals surface area contributed by atoms with Crippen LogP contribution >= 0.6 is 0 Å². The SMILES string of the molecule is C=C1C(=O)[C@]23[C@H](O)[C@H]1CC[C@H]2[C@@]12CO[C@@]3(O)[C@@H](O)[C@@H]1C(C)(C)CC[C@@H]2C. The zero-order valence-electron chi connectivity index (χ0n) is 15.9. The number of hydrogen-bond acceptors (Lipinski definition) is 5. The number of carbonyl (C=O) groups excluding carboxylic acids is 1. The van der Waals surface area contributed by atoms with Crippen LogP contribution in [0.5, 0.6) is 0 Å². The van der Waals surface area contributed by atoms with Crippen molar-refractivity contribution in [1.82, 2.24) is 0 Å². The fourth-order valence-corrected chi connectivity index (χ4v) is 8.23. The number of Topliss-reactive ketones (excluding diaryl/α,β-unsaturated/α-hetero) is 1. The Morgan fingerprint density at radius 3 is 2.54 bits per heavy atom. The van der Waals surface area contributed by atoms with Crippen LogP contribution in [0.1, 0.15) is 46.5 Å². The number of fused-ring (bicyclic) bond motifs is 2. The van der Waals surface area contributed by atoms with E-state index < -0.39 is 28.8 Å². The second-order valence-corrected chi connectivity index (χ2v) is 10.4. The van der Waals surface area contributed by atoms with E-state index in [1.807, 2.05) is 0 Å². The van der Waals surface area contributed by atoms with Crippen molar-refractivity contribution < 1.29 is 24.9 Å². The van der Waals surface area contributed by atoms with Crippen molar-refractivity contribution in [2.24, 2.45) is 39.9 Å². The van der Waals surface area contributed by atoms with Gasteiger partial charge in [0.15, 0.2) is 5.78 Å². The van der Waals surface area contributed by atoms with Gasteiger partial charge in [0, 0.05) is 17.3 Å². The Kier molecular flexibility index (Phi) is 3.09. The molecule has 0 aromatic rings. The molecule has 2 heterocycles. The lowest BCUT2D eigenvalue weighted by molar-refractivity contribution is -0.455. The number of ether oxygens (including phenoxy) is 1. The molecule has 0 aromatic heterocycles. The molecule has 6 aliphatic rings. The predicted octanol–water partition coefficient (Wildman–Crippen LogP) is 1.65. The minimum absolute atomic E-state index is 0.154. The summed E-state index contributed by atoms with van der Waals surface area (Å²) in [6, 6.07) is 0. The summed E-state index contributed by atoms with van der Waals surface area (Å²) in [5.74, 6) is -2.74. The molecule has 2 spiro atoms. The van der Waals surface area contributed by atoms with Crippen LogP contribution in [0.15, 0.2) is 12.2 Å². The molecule has 0 unspecified atom stereocenters. The predicted molar refractivity (Wildman–Crippen MR) is 93.8 cm³/mol. The van der Waals surface area contributed by atoms with Gasteiger partial charge < -0.3 is 20.1 Å². The topological polar surface area (TPSA) is 87.0 Å². The van der Waals surface area contributed by atoms with Crippen molar-refractivity contribution in [3.8, 4) is 0 Å². The highest BCUT2D eigenvalue weighted by Gasteiger charge is 2.86. The van der Waals surface area contributed by atoms with Crippen LogP contribution in [0.4, 0.5) is 0 Å². The first-order valence-electron chi connectivity index (χ1n) is 10.0. The van der Waals surface area contributed by atoms with E-state index >= 15 is 0 Å². The molecule has 9 atom stereocenters. The minimum atomic E-state index is -2.03. The molecule has 3 N–H and O–H groups in total. The Balaban J connectivity index is 1.81. The largest absolute Gasteiger partial charge is 0.391 e. The number of aliphatic hydroxyl groups excluding tert-OH is 2. The van der Waals surface area contributed by atoms with E-state index in [1.165, 1.54) is 0 Å². The molecule has 0 radical (unpaired) electrons. The van der Waals surface area contributed by atoms with E-state index in [0.717, 1.165) is 19.3 Å². The molecule has 144 valence electrons. The van der Waals surface area contributed by atoms with Crippen LogP contribution in [-0.4, -0.2) is 45.7 Å². The van der Waals surface area contributed by atoms with Crippen molar-refractivity contribution in [3.05, 3.63) is 12.2 Å². The van der Waals surface area contributed by atoms with Gasteiger partial charge in [-0.05, 0) is 48.5 Å². The fraction of sp³-hybridized carbons (Fsp3) is 0.857. The third kappa shape index (κ3) is 1.41. The van der Waals surface area contributed by atoms with Gasteiger partial charge in [0.05, 0.1) is 12.7 Å². The summed E-state index contributed by atoms with van der Waals surface area (Å²) in [6.45, 7) is 10.8. The zero-order valence-corrected chi connectivity index (χ0v) is 15.9. The molecule has 4 aliphatic carbocycles. The minimum Gasteiger partial charge on any atom is -0.391 e. The molecule has 4 saturated carbocycles. The lowest BCUT2D eigenvalue weighted by Crippen LogP contribution is -2.84. The number of aliphatic hydroxyl groups is 3. The van der Waals surface area contributed by atoms with Gasteiger partial charge in [-0.2, -0.15) is 0 Å². The van der Waals surface area contributed by atoms with Crippen LogP contribution in [0.3, 0.4) is 0 Å². The lowest BCUT2D eigenvalue weighted by atomic mass is 9.34. The monoisotopic (exact) mass is 362 g/mol. The Morgan fingerprint density at radius 2 is 1.85 bits per heavy atom. The first kappa shape index (κ1) is 17.4. The highest BCUT2D eigenvalue weighted by Crippen LogP contribution is 2.77. The Morgan fingerprint density at radius 1 is 1.15 bits per heavy atom. The van der Waals surface area contributed by atoms with E-state index in [9.17, 15) is 20.1 Å². The second-order valence-electron chi connectivity index (χ2n) is 10.4. The van der Waals surface area contributed by atoms with E-state index in [0.29, 0.717) is 18.6 Å². The van der Waals surface area contributed by atoms with E-state index in [4.69, 9.17) is 4.74 Å². The van der Waals surface area contributed by atoms with Crippen molar-refractivity contribution in [2.75, 3.05) is 6.61 Å². The Labute approximate surface area is 154 Å². The highest BCUT2D eigenvalue weighted by atomic mass is 16.6. The van der Waals surface area contributed by atoms with Gasteiger partial charge in [0.2, 0.25) is 5.79 Å². The van der Waals surface area contributed by atoms with Crippen LogP contribution in [0.25, 0.3) is 0 Å². The number of carbonyl (C=O) groups is 1. The Hall–Kier alpha value is -0.750. The van der Waals surface area contributed by atoms with E-state index in [-0.39, 0.29) is 34.9 Å². The van der Waals surface area contributed by atoms with Gasteiger partial charge in [-0.3, -0.25) is 4.79 Å². The van der Waals surface area contributed by atoms with Crippen LogP contribution in [0, 0.1) is 39.9 Å². The molecule has 2 saturated heterocycles. The molecular formula is C21H30O5. The first-order chi connectivity index (χ1) is 12.1. The molecular weight excluding hydrogens is 332 g/mol. The second kappa shape index (κ2) is 4.62. The molecule has 6 rings (SSSR count). The molecule has 4 bridgehead atoms. The summed E-state index contributed by atoms with van der Waals surface area (Å²) in [5, 5.41) is 34.3. The average Bonchev–Trinajstić information content (AvgIpc) is 2.69. The maximum absolute atomic E-state index is 13.4. The molecule has 5 nitrogen and oxygen atoms in total. The first-order valence-corrected chi connectivity index (χ1v) is 10.0. The third-order valence-electron chi connectivity index (χ3n) is 9.34. The molecule has 5 heteroatoms. The quantitative estimate of drug-likeness (QED) is 0.571. The lowest BCUT2D eigenvalue weighted by Gasteiger charge is -2.75. The van der Waals surface area contributed by atoms with E-state index in [2.05, 4.69) is 27.4 Å². The molecule has 26 heavy (non-hydrogen) atoms. The molecule has 6 fully saturated rings. The zero-order chi connectivity index (χ0) is 18.9. The maximum atomic E-state index is 13.4. The van der Waals surface area contributed by atoms with Crippen molar-refractivity contribution in [1.29, 1.82) is 0 Å². The highest BCUT2D eigenvalue weighted by molar-refractivity contribution is 6.05. The molecule has 2 aliphatic heterocycles. The third-order valence-corrected chi connectivity index (χ3v) is 9.34. The number of rotatable bonds is 0. The van der Waals surface area contributed by atoms with Crippen molar-refractivity contribution in [3.63, 3.8) is 0 Å². The van der Waals surface area contributed by atoms with Gasteiger partial charge in [-0.25, -0.2) is 0 Å².